The van der Waals surface area contributed by atoms with Gasteiger partial charge in [-0.05, 0) is 22.9 Å². The first-order chi connectivity index (χ1) is 11.4. The Bertz CT molecular complexity index is 1030. The average molecular weight is 330 g/mol. The van der Waals surface area contributed by atoms with Gasteiger partial charge in [0, 0.05) is 22.3 Å². The molecule has 3 heteroatoms. The molecule has 1 aliphatic carbocycles. The van der Waals surface area contributed by atoms with Gasteiger partial charge in [-0.25, -0.2) is 0 Å². The molecule has 118 valence electrons. The molecule has 0 saturated carbocycles. The first-order valence-electron chi connectivity index (χ1n) is 8.13. The molecule has 0 aromatic heterocycles. The minimum absolute atomic E-state index is 0.0551. The summed E-state index contributed by atoms with van der Waals surface area (Å²) < 4.78 is 0. The number of ketones is 2. The summed E-state index contributed by atoms with van der Waals surface area (Å²) in [4.78, 5) is 25.6. The van der Waals surface area contributed by atoms with Crippen LogP contribution in [-0.4, -0.2) is 19.6 Å². The molecular formula is C21H18O2Si. The van der Waals surface area contributed by atoms with Crippen molar-refractivity contribution in [1.82, 2.24) is 0 Å². The van der Waals surface area contributed by atoms with Crippen LogP contribution in [0.25, 0.3) is 10.8 Å². The van der Waals surface area contributed by atoms with Crippen molar-refractivity contribution >= 4 is 35.6 Å². The van der Waals surface area contributed by atoms with Crippen LogP contribution in [0.15, 0.2) is 54.6 Å². The van der Waals surface area contributed by atoms with Crippen molar-refractivity contribution in [2.75, 3.05) is 0 Å². The van der Waals surface area contributed by atoms with Crippen molar-refractivity contribution in [1.29, 1.82) is 0 Å². The van der Waals surface area contributed by atoms with Crippen molar-refractivity contribution in [2.45, 2.75) is 19.6 Å². The topological polar surface area (TPSA) is 34.1 Å². The summed E-state index contributed by atoms with van der Waals surface area (Å²) in [7, 11) is -1.43. The highest BCUT2D eigenvalue weighted by atomic mass is 28.3. The molecule has 0 saturated heterocycles. The van der Waals surface area contributed by atoms with Crippen LogP contribution in [0.1, 0.15) is 31.8 Å². The normalized spacial score (nSPS) is 13.8. The molecular weight excluding hydrogens is 312 g/mol. The third-order valence-electron chi connectivity index (χ3n) is 4.75. The van der Waals surface area contributed by atoms with E-state index in [1.807, 2.05) is 12.1 Å². The predicted molar refractivity (Wildman–Crippen MR) is 100 cm³/mol. The van der Waals surface area contributed by atoms with Crippen LogP contribution in [0.2, 0.25) is 19.6 Å². The standard InChI is InChI=1S/C21H18O2Si/c1-24(2,3)15-9-8-13-11-18-19(12-14(13)10-15)21(23)17-7-5-4-6-16(17)20(18)22/h4-12H,1-3H3. The van der Waals surface area contributed by atoms with Gasteiger partial charge < -0.3 is 0 Å². The smallest absolute Gasteiger partial charge is 0.194 e. The lowest BCUT2D eigenvalue weighted by Gasteiger charge is -2.20. The number of benzene rings is 3. The predicted octanol–water partition coefficient (Wildman–Crippen LogP) is 4.16. The molecule has 0 atom stereocenters. The highest BCUT2D eigenvalue weighted by molar-refractivity contribution is 6.88. The Morgan fingerprint density at radius 1 is 0.625 bits per heavy atom. The maximum Gasteiger partial charge on any atom is 0.194 e. The third-order valence-corrected chi connectivity index (χ3v) is 6.79. The van der Waals surface area contributed by atoms with Gasteiger partial charge >= 0.3 is 0 Å². The van der Waals surface area contributed by atoms with Gasteiger partial charge in [0.2, 0.25) is 0 Å². The van der Waals surface area contributed by atoms with E-state index in [4.69, 9.17) is 0 Å². The van der Waals surface area contributed by atoms with E-state index in [2.05, 4.69) is 37.8 Å². The number of rotatable bonds is 1. The quantitative estimate of drug-likeness (QED) is 0.491. The second-order valence-electron chi connectivity index (χ2n) is 7.41. The molecule has 0 spiro atoms. The number of carbonyl (C=O) groups excluding carboxylic acids is 2. The Morgan fingerprint density at radius 2 is 1.17 bits per heavy atom. The number of fused-ring (bicyclic) bond motifs is 3. The summed E-state index contributed by atoms with van der Waals surface area (Å²) in [6.45, 7) is 6.91. The molecule has 0 amide bonds. The second kappa shape index (κ2) is 4.98. The van der Waals surface area contributed by atoms with Crippen LogP contribution in [0.3, 0.4) is 0 Å². The summed E-state index contributed by atoms with van der Waals surface area (Å²) in [6, 6.07) is 17.2. The van der Waals surface area contributed by atoms with Gasteiger partial charge in [0.1, 0.15) is 0 Å². The van der Waals surface area contributed by atoms with Gasteiger partial charge in [-0.2, -0.15) is 0 Å². The van der Waals surface area contributed by atoms with Gasteiger partial charge in [-0.1, -0.05) is 67.3 Å². The molecule has 3 aromatic rings. The zero-order valence-electron chi connectivity index (χ0n) is 14.0. The minimum atomic E-state index is -1.43. The van der Waals surface area contributed by atoms with E-state index in [9.17, 15) is 9.59 Å². The summed E-state index contributed by atoms with van der Waals surface area (Å²) >= 11 is 0. The molecule has 0 radical (unpaired) electrons. The van der Waals surface area contributed by atoms with Crippen LogP contribution < -0.4 is 5.19 Å². The van der Waals surface area contributed by atoms with Gasteiger partial charge in [-0.15, -0.1) is 0 Å². The first-order valence-corrected chi connectivity index (χ1v) is 11.6. The van der Waals surface area contributed by atoms with Crippen LogP contribution in [0.4, 0.5) is 0 Å². The summed E-state index contributed by atoms with van der Waals surface area (Å²) in [5, 5.41) is 3.40. The number of hydrogen-bond acceptors (Lipinski definition) is 2. The molecule has 4 rings (SSSR count). The maximum absolute atomic E-state index is 12.8. The SMILES string of the molecule is C[Si](C)(C)c1ccc2cc3c(cc2c1)C(=O)c1ccccc1C3=O. The Hall–Kier alpha value is -2.52. The summed E-state index contributed by atoms with van der Waals surface area (Å²) in [6.07, 6.45) is 0. The fourth-order valence-corrected chi connectivity index (χ4v) is 4.48. The lowest BCUT2D eigenvalue weighted by Crippen LogP contribution is -2.37. The lowest BCUT2D eigenvalue weighted by atomic mass is 9.83. The molecule has 2 nitrogen and oxygen atoms in total. The van der Waals surface area contributed by atoms with Crippen LogP contribution >= 0.6 is 0 Å². The van der Waals surface area contributed by atoms with Crippen molar-refractivity contribution in [3.63, 3.8) is 0 Å². The van der Waals surface area contributed by atoms with Crippen molar-refractivity contribution in [3.8, 4) is 0 Å². The Balaban J connectivity index is 1.98. The Labute approximate surface area is 142 Å². The highest BCUT2D eigenvalue weighted by Gasteiger charge is 2.29. The van der Waals surface area contributed by atoms with Crippen molar-refractivity contribution in [2.24, 2.45) is 0 Å². The third kappa shape index (κ3) is 2.16. The van der Waals surface area contributed by atoms with E-state index in [1.165, 1.54) is 5.19 Å². The average Bonchev–Trinajstić information content (AvgIpc) is 2.57. The molecule has 0 unspecified atom stereocenters. The molecule has 0 N–H and O–H groups in total. The molecule has 1 aliphatic rings. The van der Waals surface area contributed by atoms with E-state index in [1.54, 1.807) is 24.3 Å². The fourth-order valence-electron chi connectivity index (χ4n) is 3.31. The van der Waals surface area contributed by atoms with E-state index in [-0.39, 0.29) is 11.6 Å². The van der Waals surface area contributed by atoms with Crippen LogP contribution in [-0.2, 0) is 0 Å². The molecule has 0 aliphatic heterocycles. The largest absolute Gasteiger partial charge is 0.289 e. The van der Waals surface area contributed by atoms with Gasteiger partial charge in [0.05, 0.1) is 8.07 Å². The number of hydrogen-bond donors (Lipinski definition) is 0. The van der Waals surface area contributed by atoms with E-state index >= 15 is 0 Å². The fraction of sp³-hybridized carbons (Fsp3) is 0.143. The van der Waals surface area contributed by atoms with Crippen molar-refractivity contribution in [3.05, 3.63) is 76.9 Å². The highest BCUT2D eigenvalue weighted by Crippen LogP contribution is 2.30. The van der Waals surface area contributed by atoms with Crippen LogP contribution in [0.5, 0.6) is 0 Å². The zero-order chi connectivity index (χ0) is 17.1. The van der Waals surface area contributed by atoms with Gasteiger partial charge in [-0.3, -0.25) is 9.59 Å². The zero-order valence-corrected chi connectivity index (χ0v) is 15.0. The molecule has 0 bridgehead atoms. The van der Waals surface area contributed by atoms with E-state index in [0.717, 1.165) is 10.8 Å². The summed E-state index contributed by atoms with van der Waals surface area (Å²) in [5.74, 6) is -0.114. The van der Waals surface area contributed by atoms with Crippen LogP contribution in [0, 0.1) is 0 Å². The minimum Gasteiger partial charge on any atom is -0.289 e. The Kier molecular flexibility index (Phi) is 3.12. The monoisotopic (exact) mass is 330 g/mol. The Morgan fingerprint density at radius 3 is 1.71 bits per heavy atom. The van der Waals surface area contributed by atoms with E-state index < -0.39 is 8.07 Å². The molecule has 0 heterocycles. The lowest BCUT2D eigenvalue weighted by molar-refractivity contribution is 0.0979. The molecule has 0 fully saturated rings. The second-order valence-corrected chi connectivity index (χ2v) is 12.5. The van der Waals surface area contributed by atoms with E-state index in [0.29, 0.717) is 22.3 Å². The first kappa shape index (κ1) is 15.0. The maximum atomic E-state index is 12.8. The van der Waals surface area contributed by atoms with Crippen molar-refractivity contribution < 1.29 is 9.59 Å². The molecule has 24 heavy (non-hydrogen) atoms. The number of carbonyl (C=O) groups is 2. The van der Waals surface area contributed by atoms with Gasteiger partial charge in [0.25, 0.3) is 0 Å². The molecule has 3 aromatic carbocycles. The summed E-state index contributed by atoms with van der Waals surface area (Å²) in [5.41, 5.74) is 2.06. The van der Waals surface area contributed by atoms with Gasteiger partial charge in [0.15, 0.2) is 11.6 Å².